The molecule has 1 saturated heterocycles. The van der Waals surface area contributed by atoms with Crippen LogP contribution in [-0.4, -0.2) is 41.7 Å². The van der Waals surface area contributed by atoms with Gasteiger partial charge in [-0.25, -0.2) is 9.59 Å². The van der Waals surface area contributed by atoms with Crippen LogP contribution in [0.4, 0.5) is 4.79 Å². The molecule has 102 valence electrons. The molecule has 2 rings (SSSR count). The number of carbonyl (C=O) groups excluding carboxylic acids is 1. The van der Waals surface area contributed by atoms with E-state index >= 15 is 0 Å². The van der Waals surface area contributed by atoms with Crippen molar-refractivity contribution >= 4 is 12.0 Å². The Hall–Kier alpha value is -2.24. The van der Waals surface area contributed by atoms with Gasteiger partial charge >= 0.3 is 12.0 Å². The second-order valence-corrected chi connectivity index (χ2v) is 4.44. The number of aliphatic carboxylic acids is 1. The largest absolute Gasteiger partial charge is 0.497 e. The molecule has 2 amide bonds. The number of rotatable bonds is 4. The van der Waals surface area contributed by atoms with Crippen LogP contribution < -0.4 is 10.1 Å². The molecule has 0 radical (unpaired) electrons. The Balaban J connectivity index is 2.12. The van der Waals surface area contributed by atoms with Crippen LogP contribution in [0.2, 0.25) is 0 Å². The van der Waals surface area contributed by atoms with Crippen molar-refractivity contribution in [3.63, 3.8) is 0 Å². The normalized spacial score (nSPS) is 20.0. The van der Waals surface area contributed by atoms with Crippen molar-refractivity contribution in [2.45, 2.75) is 19.0 Å². The Morgan fingerprint density at radius 3 is 2.58 bits per heavy atom. The van der Waals surface area contributed by atoms with Crippen LogP contribution in [0.25, 0.3) is 0 Å². The monoisotopic (exact) mass is 264 g/mol. The molecule has 19 heavy (non-hydrogen) atoms. The van der Waals surface area contributed by atoms with Gasteiger partial charge in [0.25, 0.3) is 0 Å². The molecule has 0 aliphatic carbocycles. The summed E-state index contributed by atoms with van der Waals surface area (Å²) < 4.78 is 5.07. The fourth-order valence-corrected chi connectivity index (χ4v) is 2.09. The number of nitrogens with one attached hydrogen (secondary N) is 1. The van der Waals surface area contributed by atoms with Gasteiger partial charge in [0.2, 0.25) is 0 Å². The Kier molecular flexibility index (Phi) is 3.59. The van der Waals surface area contributed by atoms with E-state index in [-0.39, 0.29) is 18.6 Å². The molecule has 0 spiro atoms. The zero-order valence-electron chi connectivity index (χ0n) is 10.8. The van der Waals surface area contributed by atoms with Gasteiger partial charge in [-0.05, 0) is 24.6 Å². The van der Waals surface area contributed by atoms with Crippen molar-refractivity contribution in [3.05, 3.63) is 29.8 Å². The quantitative estimate of drug-likeness (QED) is 0.857. The van der Waals surface area contributed by atoms with Crippen molar-refractivity contribution in [1.82, 2.24) is 10.2 Å². The maximum Gasteiger partial charge on any atom is 0.328 e. The summed E-state index contributed by atoms with van der Waals surface area (Å²) in [6.07, 6.45) is 0. The summed E-state index contributed by atoms with van der Waals surface area (Å²) in [5, 5.41) is 11.4. The van der Waals surface area contributed by atoms with E-state index in [9.17, 15) is 9.59 Å². The van der Waals surface area contributed by atoms with Gasteiger partial charge in [0, 0.05) is 0 Å². The summed E-state index contributed by atoms with van der Waals surface area (Å²) in [4.78, 5) is 24.1. The molecule has 0 aromatic heterocycles. The van der Waals surface area contributed by atoms with E-state index in [1.54, 1.807) is 7.11 Å². The summed E-state index contributed by atoms with van der Waals surface area (Å²) in [5.74, 6) is -0.275. The molecule has 0 saturated carbocycles. The molecule has 1 aliphatic heterocycles. The summed E-state index contributed by atoms with van der Waals surface area (Å²) in [6, 6.07) is 5.98. The first-order valence-corrected chi connectivity index (χ1v) is 5.97. The maximum atomic E-state index is 11.8. The number of methoxy groups -OCH3 is 1. The Labute approximate surface area is 111 Å². The molecular weight excluding hydrogens is 248 g/mol. The van der Waals surface area contributed by atoms with Gasteiger partial charge in [-0.2, -0.15) is 0 Å². The van der Waals surface area contributed by atoms with Gasteiger partial charge in [-0.15, -0.1) is 0 Å². The predicted molar refractivity (Wildman–Crippen MR) is 68.1 cm³/mol. The third-order valence-electron chi connectivity index (χ3n) is 3.30. The fourth-order valence-electron chi connectivity index (χ4n) is 2.09. The van der Waals surface area contributed by atoms with Crippen molar-refractivity contribution in [1.29, 1.82) is 0 Å². The second-order valence-electron chi connectivity index (χ2n) is 4.44. The number of nitrogens with zero attached hydrogens (tertiary/aromatic N) is 1. The third kappa shape index (κ3) is 2.62. The average Bonchev–Trinajstić information content (AvgIpc) is 2.80. The molecule has 1 unspecified atom stereocenters. The number of carboxylic acid groups (broad SMARTS) is 1. The van der Waals surface area contributed by atoms with Gasteiger partial charge in [-0.1, -0.05) is 12.1 Å². The van der Waals surface area contributed by atoms with E-state index in [2.05, 4.69) is 5.32 Å². The summed E-state index contributed by atoms with van der Waals surface area (Å²) in [5.41, 5.74) is 0.932. The minimum absolute atomic E-state index is 0.168. The van der Waals surface area contributed by atoms with Gasteiger partial charge in [0.1, 0.15) is 11.8 Å². The zero-order chi connectivity index (χ0) is 14.0. The predicted octanol–water partition coefficient (Wildman–Crippen LogP) is 1.23. The maximum absolute atomic E-state index is 11.8. The molecular formula is C13H16N2O4. The van der Waals surface area contributed by atoms with Gasteiger partial charge in [0.05, 0.1) is 19.7 Å². The SMILES string of the molecule is COc1ccc([C@@H](C)N2CC(C(=O)O)NC2=O)cc1. The Morgan fingerprint density at radius 2 is 2.11 bits per heavy atom. The lowest BCUT2D eigenvalue weighted by atomic mass is 10.1. The molecule has 1 heterocycles. The van der Waals surface area contributed by atoms with E-state index < -0.39 is 12.0 Å². The third-order valence-corrected chi connectivity index (χ3v) is 3.30. The smallest absolute Gasteiger partial charge is 0.328 e. The van der Waals surface area contributed by atoms with Crippen LogP contribution in [0.3, 0.4) is 0 Å². The standard InChI is InChI=1S/C13H16N2O4/c1-8(9-3-5-10(19-2)6-4-9)15-7-11(12(16)17)14-13(15)18/h3-6,8,11H,7H2,1-2H3,(H,14,18)(H,16,17)/t8-,11?/m1/s1. The van der Waals surface area contributed by atoms with Crippen LogP contribution in [-0.2, 0) is 4.79 Å². The number of amides is 2. The summed E-state index contributed by atoms with van der Waals surface area (Å²) in [7, 11) is 1.59. The number of hydrogen-bond acceptors (Lipinski definition) is 3. The highest BCUT2D eigenvalue weighted by Gasteiger charge is 2.36. The highest BCUT2D eigenvalue weighted by Crippen LogP contribution is 2.25. The summed E-state index contributed by atoms with van der Waals surface area (Å²) >= 11 is 0. The molecule has 1 aromatic carbocycles. The molecule has 0 bridgehead atoms. The van der Waals surface area contributed by atoms with Gasteiger partial charge < -0.3 is 20.1 Å². The van der Waals surface area contributed by atoms with Crippen molar-refractivity contribution < 1.29 is 19.4 Å². The first-order chi connectivity index (χ1) is 9.02. The van der Waals surface area contributed by atoms with E-state index in [0.717, 1.165) is 11.3 Å². The van der Waals surface area contributed by atoms with Crippen LogP contribution in [0.1, 0.15) is 18.5 Å². The lowest BCUT2D eigenvalue weighted by Crippen LogP contribution is -2.34. The Morgan fingerprint density at radius 1 is 1.47 bits per heavy atom. The topological polar surface area (TPSA) is 78.9 Å². The highest BCUT2D eigenvalue weighted by molar-refractivity contribution is 5.86. The highest BCUT2D eigenvalue weighted by atomic mass is 16.5. The van der Waals surface area contributed by atoms with Gasteiger partial charge in [-0.3, -0.25) is 0 Å². The molecule has 6 nitrogen and oxygen atoms in total. The number of ether oxygens (including phenoxy) is 1. The van der Waals surface area contributed by atoms with Crippen LogP contribution in [0, 0.1) is 0 Å². The number of carboxylic acids is 1. The van der Waals surface area contributed by atoms with E-state index in [1.807, 2.05) is 31.2 Å². The minimum atomic E-state index is -1.02. The number of carbonyl (C=O) groups is 2. The lowest BCUT2D eigenvalue weighted by Gasteiger charge is -2.23. The molecule has 6 heteroatoms. The van der Waals surface area contributed by atoms with Crippen LogP contribution >= 0.6 is 0 Å². The first-order valence-electron chi connectivity index (χ1n) is 5.97. The average molecular weight is 264 g/mol. The van der Waals surface area contributed by atoms with E-state index in [0.29, 0.717) is 0 Å². The van der Waals surface area contributed by atoms with E-state index in [4.69, 9.17) is 9.84 Å². The summed E-state index contributed by atoms with van der Waals surface area (Å²) in [6.45, 7) is 2.03. The number of urea groups is 1. The molecule has 1 aliphatic rings. The van der Waals surface area contributed by atoms with Crippen LogP contribution in [0.15, 0.2) is 24.3 Å². The Bertz CT molecular complexity index is 486. The van der Waals surface area contributed by atoms with Crippen molar-refractivity contribution in [3.8, 4) is 5.75 Å². The molecule has 1 aromatic rings. The van der Waals surface area contributed by atoms with E-state index in [1.165, 1.54) is 4.90 Å². The van der Waals surface area contributed by atoms with Gasteiger partial charge in [0.15, 0.2) is 0 Å². The molecule has 2 atom stereocenters. The van der Waals surface area contributed by atoms with Crippen LogP contribution in [0.5, 0.6) is 5.75 Å². The number of hydrogen-bond donors (Lipinski definition) is 2. The fraction of sp³-hybridized carbons (Fsp3) is 0.385. The molecule has 2 N–H and O–H groups in total. The first kappa shape index (κ1) is 13.2. The zero-order valence-corrected chi connectivity index (χ0v) is 10.8. The van der Waals surface area contributed by atoms with Crippen molar-refractivity contribution in [2.24, 2.45) is 0 Å². The minimum Gasteiger partial charge on any atom is -0.497 e. The molecule has 1 fully saturated rings. The van der Waals surface area contributed by atoms with Crippen molar-refractivity contribution in [2.75, 3.05) is 13.7 Å². The second kappa shape index (κ2) is 5.17. The lowest BCUT2D eigenvalue weighted by molar-refractivity contribution is -0.138. The number of benzene rings is 1.